The van der Waals surface area contributed by atoms with Crippen molar-refractivity contribution in [3.8, 4) is 0 Å². The molecule has 5 atom stereocenters. The van der Waals surface area contributed by atoms with Crippen LogP contribution in [-0.4, -0.2) is 96.7 Å². The molecule has 0 spiro atoms. The minimum absolute atomic E-state index is 0.101. The summed E-state index contributed by atoms with van der Waals surface area (Å²) >= 11 is 0. The minimum Gasteiger partial charge on any atom is -0.462 e. The van der Waals surface area contributed by atoms with Crippen molar-refractivity contribution in [3.05, 3.63) is 0 Å². The number of carbonyl (C=O) groups is 4. The van der Waals surface area contributed by atoms with Crippen molar-refractivity contribution in [1.82, 2.24) is 0 Å². The van der Waals surface area contributed by atoms with Crippen molar-refractivity contribution in [2.75, 3.05) is 39.6 Å². The number of aliphatic hydroxyl groups is 1. The Morgan fingerprint density at radius 1 is 0.276 bits per heavy atom. The van der Waals surface area contributed by atoms with Crippen LogP contribution in [0.3, 0.4) is 0 Å². The van der Waals surface area contributed by atoms with E-state index in [2.05, 4.69) is 48.5 Å². The van der Waals surface area contributed by atoms with Gasteiger partial charge in [0.05, 0.1) is 26.4 Å². The number of phosphoric ester groups is 2. The predicted octanol–water partition coefficient (Wildman–Crippen LogP) is 23.4. The Morgan fingerprint density at radius 2 is 0.469 bits per heavy atom. The van der Waals surface area contributed by atoms with Crippen molar-refractivity contribution in [3.63, 3.8) is 0 Å². The number of esters is 4. The quantitative estimate of drug-likeness (QED) is 0.0222. The highest BCUT2D eigenvalue weighted by Crippen LogP contribution is 2.45. The van der Waals surface area contributed by atoms with Crippen molar-refractivity contribution < 1.29 is 80.2 Å². The summed E-state index contributed by atoms with van der Waals surface area (Å²) in [5.74, 6) is 0.0318. The highest BCUT2D eigenvalue weighted by atomic mass is 31.2. The largest absolute Gasteiger partial charge is 0.472 e. The van der Waals surface area contributed by atoms with Crippen LogP contribution in [0.4, 0.5) is 0 Å². The summed E-state index contributed by atoms with van der Waals surface area (Å²) in [5.41, 5.74) is 0. The molecule has 0 bridgehead atoms. The molecule has 0 aromatic heterocycles. The first-order valence-electron chi connectivity index (χ1n) is 40.8. The molecule has 0 amide bonds. The Balaban J connectivity index is 5.16. The molecule has 0 aliphatic carbocycles. The third-order valence-electron chi connectivity index (χ3n) is 18.4. The van der Waals surface area contributed by atoms with Crippen LogP contribution in [0.1, 0.15) is 408 Å². The van der Waals surface area contributed by atoms with Gasteiger partial charge in [-0.15, -0.1) is 0 Å². The zero-order valence-corrected chi connectivity index (χ0v) is 66.0. The molecule has 2 unspecified atom stereocenters. The predicted molar refractivity (Wildman–Crippen MR) is 400 cm³/mol. The second-order valence-electron chi connectivity index (χ2n) is 29.9. The lowest BCUT2D eigenvalue weighted by Crippen LogP contribution is -2.30. The molecule has 19 heteroatoms. The third-order valence-corrected chi connectivity index (χ3v) is 20.3. The van der Waals surface area contributed by atoms with Crippen LogP contribution in [0.25, 0.3) is 0 Å². The summed E-state index contributed by atoms with van der Waals surface area (Å²) in [6, 6.07) is 0. The first kappa shape index (κ1) is 96.1. The minimum atomic E-state index is -4.96. The molecule has 0 fully saturated rings. The smallest absolute Gasteiger partial charge is 0.462 e. The highest BCUT2D eigenvalue weighted by molar-refractivity contribution is 7.47. The van der Waals surface area contributed by atoms with Gasteiger partial charge < -0.3 is 33.8 Å². The molecular formula is C79H154O17P2. The fourth-order valence-corrected chi connectivity index (χ4v) is 13.7. The highest BCUT2D eigenvalue weighted by Gasteiger charge is 2.30. The summed E-state index contributed by atoms with van der Waals surface area (Å²) in [4.78, 5) is 72.8. The number of hydrogen-bond donors (Lipinski definition) is 3. The molecule has 0 saturated heterocycles. The monoisotopic (exact) mass is 1440 g/mol. The van der Waals surface area contributed by atoms with Crippen molar-refractivity contribution >= 4 is 39.5 Å². The van der Waals surface area contributed by atoms with Crippen LogP contribution >= 0.6 is 15.6 Å². The maximum atomic E-state index is 13.1. The number of aliphatic hydroxyl groups excluding tert-OH is 1. The van der Waals surface area contributed by atoms with E-state index >= 15 is 0 Å². The number of rotatable bonds is 77. The maximum absolute atomic E-state index is 13.1. The van der Waals surface area contributed by atoms with Gasteiger partial charge in [0.15, 0.2) is 12.2 Å². The molecule has 0 aliphatic heterocycles. The number of hydrogen-bond acceptors (Lipinski definition) is 15. The second kappa shape index (κ2) is 69.4. The van der Waals surface area contributed by atoms with Gasteiger partial charge in [-0.1, -0.05) is 357 Å². The van der Waals surface area contributed by atoms with E-state index in [1.165, 1.54) is 212 Å². The van der Waals surface area contributed by atoms with Gasteiger partial charge in [0.2, 0.25) is 0 Å². The maximum Gasteiger partial charge on any atom is 0.472 e. The van der Waals surface area contributed by atoms with Crippen LogP contribution < -0.4 is 0 Å². The molecule has 17 nitrogen and oxygen atoms in total. The second-order valence-corrected chi connectivity index (χ2v) is 32.8. The van der Waals surface area contributed by atoms with E-state index in [1.807, 2.05) is 0 Å². The average Bonchev–Trinajstić information content (AvgIpc) is 1.96. The van der Waals surface area contributed by atoms with E-state index in [0.29, 0.717) is 37.5 Å². The van der Waals surface area contributed by atoms with E-state index in [1.54, 1.807) is 0 Å². The Hall–Kier alpha value is -1.94. The Kier molecular flexibility index (Phi) is 68.1. The standard InChI is InChI=1S/C79H154O17P2/c1-8-9-10-11-12-13-14-15-16-17-18-19-20-21-22-25-29-32-35-38-48-55-62-78(83)95-74(66-89-76(81)60-53-46-37-34-31-28-26-23-24-27-30-33-36-43-50-57-70(2)3)68-93-97(85,86)91-64-73(80)65-92-98(87,88)94-69-75(96-79(84)63-56-49-42-40-45-52-59-72(6)7)67-90-77(82)61-54-47-41-39-44-51-58-71(4)5/h70-75,80H,8-69H2,1-7H3,(H,85,86)(H,87,88)/t73-,74-,75-/m1/s1. The molecule has 582 valence electrons. The zero-order valence-electron chi connectivity index (χ0n) is 64.3. The molecule has 0 radical (unpaired) electrons. The fraction of sp³-hybridized carbons (Fsp3) is 0.949. The fourth-order valence-electron chi connectivity index (χ4n) is 12.1. The van der Waals surface area contributed by atoms with Crippen LogP contribution in [0.2, 0.25) is 0 Å². The van der Waals surface area contributed by atoms with E-state index in [0.717, 1.165) is 102 Å². The van der Waals surface area contributed by atoms with Gasteiger partial charge in [0, 0.05) is 25.7 Å². The number of carbonyl (C=O) groups excluding carboxylic acids is 4. The van der Waals surface area contributed by atoms with E-state index < -0.39 is 97.5 Å². The summed E-state index contributed by atoms with van der Waals surface area (Å²) in [5, 5.41) is 10.6. The molecule has 0 heterocycles. The molecule has 0 aromatic rings. The van der Waals surface area contributed by atoms with E-state index in [4.69, 9.17) is 37.0 Å². The van der Waals surface area contributed by atoms with Gasteiger partial charge in [-0.3, -0.25) is 37.3 Å². The van der Waals surface area contributed by atoms with Gasteiger partial charge in [-0.05, 0) is 43.4 Å². The van der Waals surface area contributed by atoms with Crippen molar-refractivity contribution in [1.29, 1.82) is 0 Å². The van der Waals surface area contributed by atoms with Crippen LogP contribution in [0, 0.1) is 17.8 Å². The third kappa shape index (κ3) is 72.4. The molecule has 0 saturated carbocycles. The van der Waals surface area contributed by atoms with Gasteiger partial charge >= 0.3 is 39.5 Å². The van der Waals surface area contributed by atoms with Crippen molar-refractivity contribution in [2.45, 2.75) is 426 Å². The molecule has 0 rings (SSSR count). The first-order chi connectivity index (χ1) is 47.2. The lowest BCUT2D eigenvalue weighted by atomic mass is 10.0. The van der Waals surface area contributed by atoms with Crippen LogP contribution in [-0.2, 0) is 65.4 Å². The zero-order chi connectivity index (χ0) is 72.3. The van der Waals surface area contributed by atoms with Gasteiger partial charge in [-0.2, -0.15) is 0 Å². The van der Waals surface area contributed by atoms with Gasteiger partial charge in [0.1, 0.15) is 19.3 Å². The average molecular weight is 1440 g/mol. The SMILES string of the molecule is CCCCCCCCCCCCCCCCCCCCCCCCC(=O)O[C@H](COC(=O)CCCCCCCCCCCCCCCCCC(C)C)COP(=O)(O)OC[C@@H](O)COP(=O)(O)OC[C@@H](COC(=O)CCCCCCCCC(C)C)OC(=O)CCCCCCCCC(C)C. The van der Waals surface area contributed by atoms with Gasteiger partial charge in [0.25, 0.3) is 0 Å². The van der Waals surface area contributed by atoms with E-state index in [-0.39, 0.29) is 25.7 Å². The lowest BCUT2D eigenvalue weighted by Gasteiger charge is -2.21. The van der Waals surface area contributed by atoms with E-state index in [9.17, 15) is 43.2 Å². The molecular weight excluding hydrogens is 1280 g/mol. The first-order valence-corrected chi connectivity index (χ1v) is 43.8. The molecule has 0 aromatic carbocycles. The summed E-state index contributed by atoms with van der Waals surface area (Å²) in [7, 11) is -9.91. The van der Waals surface area contributed by atoms with Gasteiger partial charge in [-0.25, -0.2) is 9.13 Å². The topological polar surface area (TPSA) is 237 Å². The number of phosphoric acid groups is 2. The summed E-state index contributed by atoms with van der Waals surface area (Å²) in [6.07, 6.45) is 57.5. The molecule has 0 aliphatic rings. The molecule has 98 heavy (non-hydrogen) atoms. The Bertz CT molecular complexity index is 1900. The number of unbranched alkanes of at least 4 members (excludes halogenated alkanes) is 45. The van der Waals surface area contributed by atoms with Crippen molar-refractivity contribution in [2.24, 2.45) is 17.8 Å². The number of ether oxygens (including phenoxy) is 4. The summed E-state index contributed by atoms with van der Waals surface area (Å²) < 4.78 is 68.5. The lowest BCUT2D eigenvalue weighted by molar-refractivity contribution is -0.161. The normalized spacial score (nSPS) is 14.0. The van der Waals surface area contributed by atoms with Crippen LogP contribution in [0.15, 0.2) is 0 Å². The Labute approximate surface area is 600 Å². The van der Waals surface area contributed by atoms with Crippen LogP contribution in [0.5, 0.6) is 0 Å². The summed E-state index contributed by atoms with van der Waals surface area (Å²) in [6.45, 7) is 11.8. The molecule has 3 N–H and O–H groups in total. The Morgan fingerprint density at radius 3 is 0.694 bits per heavy atom.